The molecule has 13 heavy (non-hydrogen) atoms. The molecular formula is C12H17O. The smallest absolute Gasteiger partial charge is 0.159 e. The van der Waals surface area contributed by atoms with Crippen LogP contribution in [-0.2, 0) is 4.79 Å². The zero-order chi connectivity index (χ0) is 9.52. The molecule has 1 aliphatic carbocycles. The van der Waals surface area contributed by atoms with E-state index in [4.69, 9.17) is 0 Å². The molecule has 0 amide bonds. The van der Waals surface area contributed by atoms with E-state index in [2.05, 4.69) is 13.3 Å². The average Bonchev–Trinajstić information content (AvgIpc) is 2.15. The van der Waals surface area contributed by atoms with Crippen molar-refractivity contribution >= 4 is 5.78 Å². The molecule has 0 heterocycles. The quantitative estimate of drug-likeness (QED) is 0.589. The van der Waals surface area contributed by atoms with Crippen LogP contribution < -0.4 is 0 Å². The molecule has 1 aliphatic rings. The van der Waals surface area contributed by atoms with Gasteiger partial charge in [0.1, 0.15) is 0 Å². The predicted molar refractivity (Wildman–Crippen MR) is 55.3 cm³/mol. The van der Waals surface area contributed by atoms with E-state index < -0.39 is 0 Å². The lowest BCUT2D eigenvalue weighted by atomic mass is 10.0. The van der Waals surface area contributed by atoms with E-state index in [0.29, 0.717) is 6.42 Å². The monoisotopic (exact) mass is 177 g/mol. The van der Waals surface area contributed by atoms with Crippen molar-refractivity contribution in [3.8, 4) is 0 Å². The molecule has 0 fully saturated rings. The summed E-state index contributed by atoms with van der Waals surface area (Å²) in [6.07, 6.45) is 13.4. The van der Waals surface area contributed by atoms with Gasteiger partial charge in [0.15, 0.2) is 5.78 Å². The summed E-state index contributed by atoms with van der Waals surface area (Å²) < 4.78 is 0. The summed E-state index contributed by atoms with van der Waals surface area (Å²) in [6.45, 7) is 2.21. The first-order chi connectivity index (χ1) is 6.33. The van der Waals surface area contributed by atoms with Gasteiger partial charge in [0.05, 0.1) is 0 Å². The average molecular weight is 177 g/mol. The highest BCUT2D eigenvalue weighted by molar-refractivity contribution is 5.92. The van der Waals surface area contributed by atoms with E-state index in [1.54, 1.807) is 6.08 Å². The van der Waals surface area contributed by atoms with Crippen molar-refractivity contribution in [3.05, 3.63) is 30.2 Å². The molecule has 0 spiro atoms. The lowest BCUT2D eigenvalue weighted by Crippen LogP contribution is -1.96. The summed E-state index contributed by atoms with van der Waals surface area (Å²) in [5, 5.41) is 0. The molecule has 1 rings (SSSR count). The van der Waals surface area contributed by atoms with Gasteiger partial charge in [0.25, 0.3) is 0 Å². The summed E-state index contributed by atoms with van der Waals surface area (Å²) in [6, 6.07) is 0. The van der Waals surface area contributed by atoms with Crippen molar-refractivity contribution in [2.45, 2.75) is 39.0 Å². The maximum Gasteiger partial charge on any atom is 0.159 e. The second kappa shape index (κ2) is 5.74. The number of allylic oxidation sites excluding steroid dienone is 4. The van der Waals surface area contributed by atoms with Gasteiger partial charge in [-0.3, -0.25) is 4.79 Å². The minimum atomic E-state index is 0.214. The molecule has 0 saturated heterocycles. The molecule has 0 atom stereocenters. The van der Waals surface area contributed by atoms with Gasteiger partial charge in [-0.1, -0.05) is 38.3 Å². The summed E-state index contributed by atoms with van der Waals surface area (Å²) in [5.41, 5.74) is 1.22. The van der Waals surface area contributed by atoms with Crippen molar-refractivity contribution < 1.29 is 4.79 Å². The summed E-state index contributed by atoms with van der Waals surface area (Å²) in [7, 11) is 0. The Morgan fingerprint density at radius 2 is 2.23 bits per heavy atom. The molecule has 1 radical (unpaired) electrons. The summed E-state index contributed by atoms with van der Waals surface area (Å²) in [4.78, 5) is 10.8. The summed E-state index contributed by atoms with van der Waals surface area (Å²) in [5.74, 6) is 0.214. The maximum absolute atomic E-state index is 10.8. The number of hydrogen-bond donors (Lipinski definition) is 0. The van der Waals surface area contributed by atoms with Crippen LogP contribution in [0.1, 0.15) is 39.0 Å². The fourth-order valence-corrected chi connectivity index (χ4v) is 1.36. The minimum absolute atomic E-state index is 0.214. The third kappa shape index (κ3) is 4.07. The number of unbranched alkanes of at least 4 members (excludes halogenated alkanes) is 3. The Balaban J connectivity index is 2.16. The molecule has 0 aromatic carbocycles. The Labute approximate surface area is 80.5 Å². The van der Waals surface area contributed by atoms with Gasteiger partial charge >= 0.3 is 0 Å². The molecule has 1 nitrogen and oxygen atoms in total. The second-order valence-corrected chi connectivity index (χ2v) is 3.41. The van der Waals surface area contributed by atoms with Crippen LogP contribution in [-0.4, -0.2) is 5.78 Å². The van der Waals surface area contributed by atoms with E-state index in [0.717, 1.165) is 6.42 Å². The fourth-order valence-electron chi connectivity index (χ4n) is 1.36. The van der Waals surface area contributed by atoms with Gasteiger partial charge in [0, 0.05) is 6.42 Å². The fraction of sp³-hybridized carbons (Fsp3) is 0.500. The van der Waals surface area contributed by atoms with Gasteiger partial charge in [0.2, 0.25) is 0 Å². The molecule has 0 aromatic heterocycles. The topological polar surface area (TPSA) is 17.1 Å². The SMILES string of the molecule is CCCCC[CH]C1=CCC(=O)C=C1. The van der Waals surface area contributed by atoms with Crippen molar-refractivity contribution in [1.82, 2.24) is 0 Å². The summed E-state index contributed by atoms with van der Waals surface area (Å²) >= 11 is 0. The van der Waals surface area contributed by atoms with E-state index in [-0.39, 0.29) is 5.78 Å². The lowest BCUT2D eigenvalue weighted by Gasteiger charge is -2.05. The molecule has 0 bridgehead atoms. The number of hydrogen-bond acceptors (Lipinski definition) is 1. The highest BCUT2D eigenvalue weighted by Crippen LogP contribution is 2.14. The van der Waals surface area contributed by atoms with Crippen LogP contribution in [0.5, 0.6) is 0 Å². The van der Waals surface area contributed by atoms with Crippen LogP contribution in [0.15, 0.2) is 23.8 Å². The largest absolute Gasteiger partial charge is 0.295 e. The number of carbonyl (C=O) groups excluding carboxylic acids is 1. The van der Waals surface area contributed by atoms with E-state index in [1.165, 1.54) is 24.8 Å². The van der Waals surface area contributed by atoms with Gasteiger partial charge in [-0.15, -0.1) is 0 Å². The molecule has 0 N–H and O–H groups in total. The van der Waals surface area contributed by atoms with Crippen LogP contribution in [0.25, 0.3) is 0 Å². The Morgan fingerprint density at radius 3 is 2.85 bits per heavy atom. The number of ketones is 1. The van der Waals surface area contributed by atoms with Crippen LogP contribution >= 0.6 is 0 Å². The number of carbonyl (C=O) groups is 1. The Bertz CT molecular complexity index is 223. The lowest BCUT2D eigenvalue weighted by molar-refractivity contribution is -0.113. The standard InChI is InChI=1S/C12H17O/c1-2-3-4-5-6-11-7-9-12(13)10-8-11/h6-9H,2-5,10H2,1H3. The molecule has 71 valence electrons. The molecule has 0 unspecified atom stereocenters. The van der Waals surface area contributed by atoms with Crippen LogP contribution in [0, 0.1) is 6.42 Å². The molecule has 1 heteroatoms. The molecule has 0 aromatic rings. The molecule has 0 aliphatic heterocycles. The van der Waals surface area contributed by atoms with E-state index in [1.807, 2.05) is 12.2 Å². The predicted octanol–water partition coefficient (Wildman–Crippen LogP) is 3.23. The highest BCUT2D eigenvalue weighted by atomic mass is 16.1. The number of rotatable bonds is 5. The normalized spacial score (nSPS) is 16.1. The van der Waals surface area contributed by atoms with E-state index >= 15 is 0 Å². The van der Waals surface area contributed by atoms with Crippen molar-refractivity contribution in [3.63, 3.8) is 0 Å². The first kappa shape index (κ1) is 10.2. The van der Waals surface area contributed by atoms with Gasteiger partial charge in [-0.05, 0) is 24.5 Å². The van der Waals surface area contributed by atoms with Gasteiger partial charge in [-0.25, -0.2) is 0 Å². The Morgan fingerprint density at radius 1 is 1.38 bits per heavy atom. The van der Waals surface area contributed by atoms with Crippen LogP contribution in [0.2, 0.25) is 0 Å². The highest BCUT2D eigenvalue weighted by Gasteiger charge is 2.02. The van der Waals surface area contributed by atoms with Gasteiger partial charge < -0.3 is 0 Å². The van der Waals surface area contributed by atoms with Crippen LogP contribution in [0.3, 0.4) is 0 Å². The van der Waals surface area contributed by atoms with Crippen molar-refractivity contribution in [2.24, 2.45) is 0 Å². The van der Waals surface area contributed by atoms with Crippen molar-refractivity contribution in [1.29, 1.82) is 0 Å². The third-order valence-electron chi connectivity index (χ3n) is 2.19. The first-order valence-electron chi connectivity index (χ1n) is 5.07. The van der Waals surface area contributed by atoms with Gasteiger partial charge in [-0.2, -0.15) is 0 Å². The minimum Gasteiger partial charge on any atom is -0.295 e. The van der Waals surface area contributed by atoms with Crippen molar-refractivity contribution in [2.75, 3.05) is 0 Å². The first-order valence-corrected chi connectivity index (χ1v) is 5.07. The zero-order valence-electron chi connectivity index (χ0n) is 8.25. The Kier molecular flexibility index (Phi) is 4.52. The maximum atomic E-state index is 10.8. The molecule has 0 saturated carbocycles. The Hall–Kier alpha value is -0.850. The zero-order valence-corrected chi connectivity index (χ0v) is 8.25. The van der Waals surface area contributed by atoms with E-state index in [9.17, 15) is 4.79 Å². The molecular weight excluding hydrogens is 160 g/mol. The third-order valence-corrected chi connectivity index (χ3v) is 2.19. The second-order valence-electron chi connectivity index (χ2n) is 3.41. The van der Waals surface area contributed by atoms with Crippen LogP contribution in [0.4, 0.5) is 0 Å².